The first-order valence-electron chi connectivity index (χ1n) is 10.4. The van der Waals surface area contributed by atoms with E-state index in [9.17, 15) is 19.7 Å². The molecule has 176 valence electrons. The summed E-state index contributed by atoms with van der Waals surface area (Å²) in [6.45, 7) is 1.72. The van der Waals surface area contributed by atoms with Gasteiger partial charge in [-0.2, -0.15) is 0 Å². The van der Waals surface area contributed by atoms with Gasteiger partial charge in [-0.1, -0.05) is 29.5 Å². The average Bonchev–Trinajstić information content (AvgIpc) is 3.60. The highest BCUT2D eigenvalue weighted by Crippen LogP contribution is 2.33. The van der Waals surface area contributed by atoms with Gasteiger partial charge in [-0.05, 0) is 36.6 Å². The van der Waals surface area contributed by atoms with Gasteiger partial charge in [0.1, 0.15) is 17.6 Å². The second kappa shape index (κ2) is 8.93. The number of ether oxygens (including phenoxy) is 1. The lowest BCUT2D eigenvalue weighted by Gasteiger charge is -2.22. The van der Waals surface area contributed by atoms with Crippen molar-refractivity contribution in [2.45, 2.75) is 13.0 Å². The Morgan fingerprint density at radius 1 is 1.23 bits per heavy atom. The Balaban J connectivity index is 1.63. The number of para-hydroxylation sites is 1. The Morgan fingerprint density at radius 3 is 2.74 bits per heavy atom. The van der Waals surface area contributed by atoms with Crippen LogP contribution in [0.5, 0.6) is 0 Å². The van der Waals surface area contributed by atoms with Gasteiger partial charge in [0, 0.05) is 17.0 Å². The van der Waals surface area contributed by atoms with Crippen molar-refractivity contribution in [2.75, 3.05) is 7.11 Å². The summed E-state index contributed by atoms with van der Waals surface area (Å²) < 4.78 is 12.7. The monoisotopic (exact) mass is 507 g/mol. The fourth-order valence-electron chi connectivity index (χ4n) is 3.95. The Morgan fingerprint density at radius 2 is 2.03 bits per heavy atom. The van der Waals surface area contributed by atoms with E-state index in [0.29, 0.717) is 37.7 Å². The number of nitro groups is 1. The molecule has 3 aromatic heterocycles. The highest BCUT2D eigenvalue weighted by Gasteiger charge is 2.33. The number of benzene rings is 1. The van der Waals surface area contributed by atoms with Gasteiger partial charge >= 0.3 is 5.97 Å². The lowest BCUT2D eigenvalue weighted by Crippen LogP contribution is -2.39. The number of aromatic nitrogens is 1. The molecule has 1 atom stereocenters. The van der Waals surface area contributed by atoms with Crippen LogP contribution in [-0.2, 0) is 9.53 Å². The highest BCUT2D eigenvalue weighted by molar-refractivity contribution is 7.10. The van der Waals surface area contributed by atoms with Crippen molar-refractivity contribution < 1.29 is 18.9 Å². The molecule has 0 amide bonds. The molecule has 0 saturated heterocycles. The van der Waals surface area contributed by atoms with E-state index in [1.165, 1.54) is 40.4 Å². The highest BCUT2D eigenvalue weighted by atomic mass is 32.1. The molecule has 1 aliphatic heterocycles. The van der Waals surface area contributed by atoms with Crippen molar-refractivity contribution in [2.24, 2.45) is 4.99 Å². The molecule has 0 N–H and O–H groups in total. The van der Waals surface area contributed by atoms with Gasteiger partial charge in [0.2, 0.25) is 0 Å². The lowest BCUT2D eigenvalue weighted by atomic mass is 10.0. The fourth-order valence-corrected chi connectivity index (χ4v) is 5.80. The number of thiazole rings is 1. The van der Waals surface area contributed by atoms with Gasteiger partial charge in [-0.25, -0.2) is 9.79 Å². The molecule has 0 aliphatic carbocycles. The van der Waals surface area contributed by atoms with Gasteiger partial charge in [-0.15, -0.1) is 11.3 Å². The number of rotatable bonds is 5. The summed E-state index contributed by atoms with van der Waals surface area (Å²) in [5.74, 6) is 0.135. The number of allylic oxidation sites excluding steroid dienone is 1. The first-order valence-corrected chi connectivity index (χ1v) is 12.1. The molecule has 0 spiro atoms. The second-order valence-electron chi connectivity index (χ2n) is 7.57. The third-order valence-electron chi connectivity index (χ3n) is 5.51. The number of hydrogen-bond acceptors (Lipinski definition) is 9. The van der Waals surface area contributed by atoms with Crippen LogP contribution in [-0.4, -0.2) is 22.6 Å². The minimum atomic E-state index is -0.653. The summed E-state index contributed by atoms with van der Waals surface area (Å²) in [5, 5.41) is 13.2. The standard InChI is InChI=1S/C24H17N3O6S2/c1-13-20(23(29)32-2)21(18-8-5-11-34-18)26-22(28)19(35-24(26)25-13)12-14-9-10-17(33-14)15-6-3-4-7-16(15)27(30)31/h3-12,21H,1-2H3/b19-12+/t21-/m0/s1. The van der Waals surface area contributed by atoms with E-state index < -0.39 is 16.9 Å². The van der Waals surface area contributed by atoms with Gasteiger partial charge in [0.05, 0.1) is 33.4 Å². The summed E-state index contributed by atoms with van der Waals surface area (Å²) in [4.78, 5) is 42.7. The SMILES string of the molecule is COC(=O)C1=C(C)N=c2s/c(=C/c3ccc(-c4ccccc4[N+](=O)[O-])o3)c(=O)n2[C@H]1c1cccs1. The van der Waals surface area contributed by atoms with Crippen LogP contribution < -0.4 is 14.9 Å². The number of carbonyl (C=O) groups is 1. The predicted octanol–water partition coefficient (Wildman–Crippen LogP) is 3.64. The van der Waals surface area contributed by atoms with E-state index in [4.69, 9.17) is 9.15 Å². The number of carbonyl (C=O) groups excluding carboxylic acids is 1. The second-order valence-corrected chi connectivity index (χ2v) is 9.55. The number of thiophene rings is 1. The maximum atomic E-state index is 13.5. The van der Waals surface area contributed by atoms with Gasteiger partial charge in [-0.3, -0.25) is 19.5 Å². The minimum absolute atomic E-state index is 0.0745. The van der Waals surface area contributed by atoms with E-state index in [-0.39, 0.29) is 11.2 Å². The first kappa shape index (κ1) is 22.7. The number of hydrogen-bond donors (Lipinski definition) is 0. The molecule has 35 heavy (non-hydrogen) atoms. The summed E-state index contributed by atoms with van der Waals surface area (Å²) in [6.07, 6.45) is 1.57. The van der Waals surface area contributed by atoms with Crippen molar-refractivity contribution >= 4 is 40.4 Å². The third kappa shape index (κ3) is 3.94. The predicted molar refractivity (Wildman–Crippen MR) is 131 cm³/mol. The van der Waals surface area contributed by atoms with E-state index >= 15 is 0 Å². The van der Waals surface area contributed by atoms with Crippen LogP contribution in [0.4, 0.5) is 5.69 Å². The maximum absolute atomic E-state index is 13.5. The van der Waals surface area contributed by atoms with E-state index in [1.807, 2.05) is 17.5 Å². The summed E-state index contributed by atoms with van der Waals surface area (Å²) in [7, 11) is 1.30. The van der Waals surface area contributed by atoms with E-state index in [1.54, 1.807) is 43.3 Å². The zero-order valence-electron chi connectivity index (χ0n) is 18.5. The van der Waals surface area contributed by atoms with Gasteiger partial charge in [0.15, 0.2) is 4.80 Å². The molecule has 4 heterocycles. The molecular weight excluding hydrogens is 490 g/mol. The van der Waals surface area contributed by atoms with Gasteiger partial charge < -0.3 is 9.15 Å². The molecule has 5 rings (SSSR count). The normalized spacial score (nSPS) is 15.6. The number of esters is 1. The van der Waals surface area contributed by atoms with Crippen molar-refractivity contribution in [1.29, 1.82) is 0 Å². The molecule has 0 bridgehead atoms. The van der Waals surface area contributed by atoms with Crippen LogP contribution in [0.3, 0.4) is 0 Å². The molecule has 11 heteroatoms. The largest absolute Gasteiger partial charge is 0.466 e. The Hall–Kier alpha value is -4.09. The molecule has 0 fully saturated rings. The Kier molecular flexibility index (Phi) is 5.79. The zero-order chi connectivity index (χ0) is 24.7. The average molecular weight is 508 g/mol. The summed E-state index contributed by atoms with van der Waals surface area (Å²) >= 11 is 2.61. The quantitative estimate of drug-likeness (QED) is 0.231. The third-order valence-corrected chi connectivity index (χ3v) is 7.41. The smallest absolute Gasteiger partial charge is 0.338 e. The Bertz CT molecular complexity index is 1670. The van der Waals surface area contributed by atoms with Crippen molar-refractivity contribution in [1.82, 2.24) is 4.57 Å². The van der Waals surface area contributed by atoms with Crippen LogP contribution in [0.25, 0.3) is 17.4 Å². The number of methoxy groups -OCH3 is 1. The Labute approximate surface area is 205 Å². The number of nitrogens with zero attached hydrogens (tertiary/aromatic N) is 3. The topological polar surface area (TPSA) is 117 Å². The number of nitro benzene ring substituents is 1. The first-order chi connectivity index (χ1) is 16.9. The van der Waals surface area contributed by atoms with E-state index in [2.05, 4.69) is 4.99 Å². The molecule has 0 unspecified atom stereocenters. The van der Waals surface area contributed by atoms with Crippen LogP contribution >= 0.6 is 22.7 Å². The molecule has 1 aromatic carbocycles. The number of furan rings is 1. The maximum Gasteiger partial charge on any atom is 0.338 e. The van der Waals surface area contributed by atoms with Crippen LogP contribution in [0.2, 0.25) is 0 Å². The zero-order valence-corrected chi connectivity index (χ0v) is 20.1. The van der Waals surface area contributed by atoms with Crippen molar-refractivity contribution in [3.05, 3.63) is 106 Å². The molecule has 9 nitrogen and oxygen atoms in total. The minimum Gasteiger partial charge on any atom is -0.466 e. The number of fused-ring (bicyclic) bond motifs is 1. The summed E-state index contributed by atoms with van der Waals surface area (Å²) in [5.41, 5.74) is 0.735. The molecule has 0 saturated carbocycles. The van der Waals surface area contributed by atoms with Crippen molar-refractivity contribution in [3.8, 4) is 11.3 Å². The van der Waals surface area contributed by atoms with Crippen molar-refractivity contribution in [3.63, 3.8) is 0 Å². The van der Waals surface area contributed by atoms with Crippen LogP contribution in [0.15, 0.2) is 79.4 Å². The lowest BCUT2D eigenvalue weighted by molar-refractivity contribution is -0.384. The van der Waals surface area contributed by atoms with Gasteiger partial charge in [0.25, 0.3) is 11.2 Å². The molecule has 1 aliphatic rings. The van der Waals surface area contributed by atoms with E-state index in [0.717, 1.165) is 4.88 Å². The molecule has 0 radical (unpaired) electrons. The molecular formula is C24H17N3O6S2. The van der Waals surface area contributed by atoms with Crippen LogP contribution in [0.1, 0.15) is 23.6 Å². The van der Waals surface area contributed by atoms with Crippen LogP contribution in [0, 0.1) is 10.1 Å². The summed E-state index contributed by atoms with van der Waals surface area (Å²) in [6, 6.07) is 12.6. The fraction of sp³-hybridized carbons (Fsp3) is 0.125. The molecule has 4 aromatic rings.